The normalized spacial score (nSPS) is 30.9. The Labute approximate surface area is 108 Å². The average Bonchev–Trinajstić information content (AvgIpc) is 2.71. The molecule has 1 unspecified atom stereocenters. The fourth-order valence-electron chi connectivity index (χ4n) is 2.99. The van der Waals surface area contributed by atoms with Crippen LogP contribution in [0.25, 0.3) is 0 Å². The van der Waals surface area contributed by atoms with Crippen LogP contribution in [0.1, 0.15) is 26.7 Å². The van der Waals surface area contributed by atoms with Crippen molar-refractivity contribution in [1.29, 1.82) is 0 Å². The molecule has 1 atom stereocenters. The molecule has 0 aromatic rings. The van der Waals surface area contributed by atoms with Gasteiger partial charge >= 0.3 is 0 Å². The van der Waals surface area contributed by atoms with E-state index < -0.39 is 0 Å². The number of rotatable bonds is 0. The van der Waals surface area contributed by atoms with Crippen LogP contribution in [0.3, 0.4) is 0 Å². The minimum atomic E-state index is 0.259. The van der Waals surface area contributed by atoms with Gasteiger partial charge in [0.2, 0.25) is 5.91 Å². The van der Waals surface area contributed by atoms with Crippen molar-refractivity contribution in [3.63, 3.8) is 0 Å². The molecular weight excluding hydrogens is 228 g/mol. The number of aliphatic imine (C=N–C) groups is 1. The topological polar surface area (TPSA) is 47.9 Å². The Balaban J connectivity index is 1.65. The highest BCUT2D eigenvalue weighted by molar-refractivity contribution is 5.82. The van der Waals surface area contributed by atoms with Crippen LogP contribution in [0.5, 0.6) is 0 Å². The van der Waals surface area contributed by atoms with E-state index >= 15 is 0 Å². The Morgan fingerprint density at radius 3 is 2.94 bits per heavy atom. The first-order valence-corrected chi connectivity index (χ1v) is 6.88. The maximum Gasteiger partial charge on any atom is 0.223 e. The summed E-state index contributed by atoms with van der Waals surface area (Å²) in [5.41, 5.74) is 0.259. The molecule has 0 aromatic carbocycles. The fraction of sp³-hybridized carbons (Fsp3) is 0.846. The van der Waals surface area contributed by atoms with E-state index in [1.807, 2.05) is 4.90 Å². The van der Waals surface area contributed by atoms with E-state index in [1.165, 1.54) is 0 Å². The molecule has 5 heteroatoms. The van der Waals surface area contributed by atoms with Gasteiger partial charge in [-0.05, 0) is 6.42 Å². The molecule has 3 aliphatic rings. The Hall–Kier alpha value is -1.26. The van der Waals surface area contributed by atoms with Gasteiger partial charge < -0.3 is 15.1 Å². The maximum atomic E-state index is 11.6. The predicted octanol–water partition coefficient (Wildman–Crippen LogP) is 0.278. The molecule has 1 N–H and O–H groups in total. The van der Waals surface area contributed by atoms with E-state index in [-0.39, 0.29) is 5.41 Å². The van der Waals surface area contributed by atoms with Crippen molar-refractivity contribution in [2.45, 2.75) is 32.7 Å². The summed E-state index contributed by atoms with van der Waals surface area (Å²) in [5.74, 6) is 1.37. The quantitative estimate of drug-likeness (QED) is 0.672. The molecule has 2 saturated heterocycles. The lowest BCUT2D eigenvalue weighted by Gasteiger charge is -2.41. The van der Waals surface area contributed by atoms with Gasteiger partial charge in [0.15, 0.2) is 5.96 Å². The standard InChI is InChI=1S/C13H22N4O/c1-13(2)8-14-12(15-9-13)16-5-6-17-10(7-16)3-4-11(17)18/h10H,3-9H2,1-2H3,(H,14,15). The van der Waals surface area contributed by atoms with Gasteiger partial charge in [0, 0.05) is 50.6 Å². The van der Waals surface area contributed by atoms with E-state index in [0.717, 1.165) is 51.5 Å². The number of amides is 1. The van der Waals surface area contributed by atoms with Crippen molar-refractivity contribution in [3.8, 4) is 0 Å². The van der Waals surface area contributed by atoms with E-state index in [0.29, 0.717) is 11.9 Å². The van der Waals surface area contributed by atoms with Crippen molar-refractivity contribution >= 4 is 11.9 Å². The monoisotopic (exact) mass is 250 g/mol. The zero-order valence-corrected chi connectivity index (χ0v) is 11.3. The van der Waals surface area contributed by atoms with Crippen LogP contribution >= 0.6 is 0 Å². The highest BCUT2D eigenvalue weighted by Gasteiger charge is 2.37. The summed E-state index contributed by atoms with van der Waals surface area (Å²) in [6.45, 7) is 9.04. The number of guanidine groups is 1. The summed E-state index contributed by atoms with van der Waals surface area (Å²) in [6, 6.07) is 0.408. The third kappa shape index (κ3) is 2.06. The van der Waals surface area contributed by atoms with Gasteiger partial charge in [-0.1, -0.05) is 13.8 Å². The second-order valence-electron chi connectivity index (χ2n) is 6.38. The van der Waals surface area contributed by atoms with E-state index in [4.69, 9.17) is 0 Å². The fourth-order valence-corrected chi connectivity index (χ4v) is 2.99. The second kappa shape index (κ2) is 4.14. The molecule has 3 rings (SSSR count). The van der Waals surface area contributed by atoms with Gasteiger partial charge in [0.05, 0.1) is 0 Å². The molecule has 100 valence electrons. The molecule has 0 aromatic heterocycles. The Bertz CT molecular complexity index is 390. The Kier molecular flexibility index (Phi) is 2.72. The first kappa shape index (κ1) is 11.8. The zero-order valence-electron chi connectivity index (χ0n) is 11.3. The number of hydrogen-bond acceptors (Lipinski definition) is 4. The summed E-state index contributed by atoms with van der Waals surface area (Å²) < 4.78 is 0. The van der Waals surface area contributed by atoms with Crippen molar-refractivity contribution in [2.24, 2.45) is 10.4 Å². The first-order chi connectivity index (χ1) is 8.55. The van der Waals surface area contributed by atoms with E-state index in [9.17, 15) is 4.79 Å². The lowest BCUT2D eigenvalue weighted by atomic mass is 9.93. The van der Waals surface area contributed by atoms with Gasteiger partial charge in [-0.3, -0.25) is 9.79 Å². The summed E-state index contributed by atoms with van der Waals surface area (Å²) in [7, 11) is 0. The lowest BCUT2D eigenvalue weighted by Crippen LogP contribution is -2.58. The highest BCUT2D eigenvalue weighted by atomic mass is 16.2. The number of nitrogens with one attached hydrogen (secondary N) is 1. The molecule has 3 aliphatic heterocycles. The third-order valence-electron chi connectivity index (χ3n) is 4.18. The van der Waals surface area contributed by atoms with Crippen LogP contribution in [-0.4, -0.2) is 60.4 Å². The predicted molar refractivity (Wildman–Crippen MR) is 70.4 cm³/mol. The van der Waals surface area contributed by atoms with Gasteiger partial charge in [0.25, 0.3) is 0 Å². The highest BCUT2D eigenvalue weighted by Crippen LogP contribution is 2.24. The van der Waals surface area contributed by atoms with Gasteiger partial charge in [-0.2, -0.15) is 0 Å². The van der Waals surface area contributed by atoms with Crippen LogP contribution in [0.4, 0.5) is 0 Å². The minimum absolute atomic E-state index is 0.259. The largest absolute Gasteiger partial charge is 0.356 e. The molecular formula is C13H22N4O. The van der Waals surface area contributed by atoms with Gasteiger partial charge in [0.1, 0.15) is 0 Å². The molecule has 5 nitrogen and oxygen atoms in total. The van der Waals surface area contributed by atoms with Crippen LogP contribution in [0, 0.1) is 5.41 Å². The molecule has 0 radical (unpaired) electrons. The number of hydrogen-bond donors (Lipinski definition) is 1. The lowest BCUT2D eigenvalue weighted by molar-refractivity contribution is -0.130. The number of carbonyl (C=O) groups excluding carboxylic acids is 1. The number of piperazine rings is 1. The van der Waals surface area contributed by atoms with E-state index in [2.05, 4.69) is 29.1 Å². The molecule has 0 spiro atoms. The first-order valence-electron chi connectivity index (χ1n) is 6.88. The van der Waals surface area contributed by atoms with Crippen LogP contribution < -0.4 is 5.32 Å². The third-order valence-corrected chi connectivity index (χ3v) is 4.18. The van der Waals surface area contributed by atoms with Crippen molar-refractivity contribution < 1.29 is 4.79 Å². The Morgan fingerprint density at radius 1 is 1.39 bits per heavy atom. The molecule has 1 amide bonds. The number of carbonyl (C=O) groups is 1. The summed E-state index contributed by atoms with van der Waals surface area (Å²) in [4.78, 5) is 20.7. The minimum Gasteiger partial charge on any atom is -0.356 e. The average molecular weight is 250 g/mol. The summed E-state index contributed by atoms with van der Waals surface area (Å²) in [5, 5.41) is 3.44. The second-order valence-corrected chi connectivity index (χ2v) is 6.38. The maximum absolute atomic E-state index is 11.6. The molecule has 18 heavy (non-hydrogen) atoms. The number of fused-ring (bicyclic) bond motifs is 1. The zero-order chi connectivity index (χ0) is 12.8. The molecule has 0 saturated carbocycles. The Morgan fingerprint density at radius 2 is 2.22 bits per heavy atom. The SMILES string of the molecule is CC1(C)CN=C(N2CCN3C(=O)CCC3C2)NC1. The van der Waals surface area contributed by atoms with Crippen LogP contribution in [0.2, 0.25) is 0 Å². The van der Waals surface area contributed by atoms with Gasteiger partial charge in [-0.25, -0.2) is 0 Å². The van der Waals surface area contributed by atoms with Crippen molar-refractivity contribution in [2.75, 3.05) is 32.7 Å². The number of nitrogens with zero attached hydrogens (tertiary/aromatic N) is 3. The summed E-state index contributed by atoms with van der Waals surface area (Å²) in [6.07, 6.45) is 1.74. The van der Waals surface area contributed by atoms with E-state index in [1.54, 1.807) is 0 Å². The van der Waals surface area contributed by atoms with Crippen LogP contribution in [0.15, 0.2) is 4.99 Å². The molecule has 2 fully saturated rings. The van der Waals surface area contributed by atoms with Crippen molar-refractivity contribution in [1.82, 2.24) is 15.1 Å². The van der Waals surface area contributed by atoms with Gasteiger partial charge in [-0.15, -0.1) is 0 Å². The smallest absolute Gasteiger partial charge is 0.223 e. The van der Waals surface area contributed by atoms with Crippen molar-refractivity contribution in [3.05, 3.63) is 0 Å². The summed E-state index contributed by atoms with van der Waals surface area (Å²) >= 11 is 0. The molecule has 3 heterocycles. The molecule has 0 bridgehead atoms. The van der Waals surface area contributed by atoms with Crippen LogP contribution in [-0.2, 0) is 4.79 Å². The molecule has 0 aliphatic carbocycles.